The van der Waals surface area contributed by atoms with Gasteiger partial charge in [0.15, 0.2) is 0 Å². The summed E-state index contributed by atoms with van der Waals surface area (Å²) in [6.07, 6.45) is 5.91. The van der Waals surface area contributed by atoms with Gasteiger partial charge in [0.25, 0.3) is 5.91 Å². The number of ether oxygens (including phenoxy) is 1. The number of likely N-dealkylation sites (tertiary alicyclic amines) is 1. The molecule has 3 heterocycles. The maximum absolute atomic E-state index is 12.7. The van der Waals surface area contributed by atoms with Gasteiger partial charge in [0.2, 0.25) is 0 Å². The number of methoxy groups -OCH3 is 1. The molecule has 0 aromatic carbocycles. The normalized spacial score (nSPS) is 18.1. The molecular formula is C15H20N4O2S. The molecule has 7 heteroatoms. The number of rotatable bonds is 5. The van der Waals surface area contributed by atoms with Gasteiger partial charge in [-0.25, -0.2) is 4.98 Å². The minimum absolute atomic E-state index is 0.0185. The number of carbonyl (C=O) groups is 1. The van der Waals surface area contributed by atoms with Crippen LogP contribution in [0, 0.1) is 6.92 Å². The predicted octanol–water partition coefficient (Wildman–Crippen LogP) is 2.10. The van der Waals surface area contributed by atoms with Crippen LogP contribution in [0.3, 0.4) is 0 Å². The molecule has 2 aromatic rings. The monoisotopic (exact) mass is 320 g/mol. The molecule has 0 saturated carbocycles. The fourth-order valence-electron chi connectivity index (χ4n) is 2.82. The van der Waals surface area contributed by atoms with Crippen molar-refractivity contribution in [3.8, 4) is 0 Å². The van der Waals surface area contributed by atoms with Gasteiger partial charge in [0.05, 0.1) is 25.4 Å². The molecule has 1 aliphatic rings. The average molecular weight is 320 g/mol. The van der Waals surface area contributed by atoms with Gasteiger partial charge in [-0.1, -0.05) is 0 Å². The van der Waals surface area contributed by atoms with Gasteiger partial charge >= 0.3 is 0 Å². The summed E-state index contributed by atoms with van der Waals surface area (Å²) in [5.41, 5.74) is 1.67. The van der Waals surface area contributed by atoms with E-state index < -0.39 is 0 Å². The third-order valence-electron chi connectivity index (χ3n) is 3.84. The Kier molecular flexibility index (Phi) is 4.54. The highest BCUT2D eigenvalue weighted by molar-refractivity contribution is 7.09. The third kappa shape index (κ3) is 3.20. The molecule has 1 aliphatic heterocycles. The summed E-state index contributed by atoms with van der Waals surface area (Å²) < 4.78 is 6.98. The second-order valence-corrected chi connectivity index (χ2v) is 6.54. The van der Waals surface area contributed by atoms with Crippen molar-refractivity contribution in [2.24, 2.45) is 0 Å². The van der Waals surface area contributed by atoms with Crippen molar-refractivity contribution in [1.29, 1.82) is 0 Å². The molecule has 2 aromatic heterocycles. The number of amides is 1. The Morgan fingerprint density at radius 3 is 3.14 bits per heavy atom. The predicted molar refractivity (Wildman–Crippen MR) is 83.8 cm³/mol. The van der Waals surface area contributed by atoms with E-state index in [9.17, 15) is 4.79 Å². The molecule has 1 amide bonds. The van der Waals surface area contributed by atoms with E-state index in [2.05, 4.69) is 10.1 Å². The summed E-state index contributed by atoms with van der Waals surface area (Å²) in [6.45, 7) is 4.01. The van der Waals surface area contributed by atoms with Crippen molar-refractivity contribution in [3.63, 3.8) is 0 Å². The molecule has 0 aliphatic carbocycles. The lowest BCUT2D eigenvalue weighted by Crippen LogP contribution is -2.38. The SMILES string of the molecule is COCc1nc(C(=O)N2CCC[C@@H]2Cn2cc(C)cn2)cs1. The molecule has 22 heavy (non-hydrogen) atoms. The number of thiazole rings is 1. The minimum atomic E-state index is 0.0185. The van der Waals surface area contributed by atoms with Crippen molar-refractivity contribution in [3.05, 3.63) is 34.0 Å². The molecule has 1 saturated heterocycles. The van der Waals surface area contributed by atoms with Crippen LogP contribution in [0.5, 0.6) is 0 Å². The zero-order chi connectivity index (χ0) is 15.5. The van der Waals surface area contributed by atoms with Gasteiger partial charge in [-0.05, 0) is 25.3 Å². The number of aryl methyl sites for hydroxylation is 1. The fraction of sp³-hybridized carbons (Fsp3) is 0.533. The van der Waals surface area contributed by atoms with Gasteiger partial charge in [-0.2, -0.15) is 5.10 Å². The lowest BCUT2D eigenvalue weighted by molar-refractivity contribution is 0.0716. The van der Waals surface area contributed by atoms with E-state index in [1.807, 2.05) is 34.3 Å². The Bertz CT molecular complexity index is 652. The van der Waals surface area contributed by atoms with Crippen LogP contribution in [0.25, 0.3) is 0 Å². The molecule has 0 spiro atoms. The number of aromatic nitrogens is 3. The summed E-state index contributed by atoms with van der Waals surface area (Å²) in [5, 5.41) is 6.98. The Hall–Kier alpha value is -1.73. The standard InChI is InChI=1S/C15H20N4O2S/c1-11-6-16-18(7-11)8-12-4-3-5-19(12)15(20)13-10-22-14(17-13)9-21-2/h6-7,10,12H,3-5,8-9H2,1-2H3/t12-/m1/s1. The van der Waals surface area contributed by atoms with Crippen LogP contribution >= 0.6 is 11.3 Å². The first kappa shape index (κ1) is 15.2. The van der Waals surface area contributed by atoms with Crippen LogP contribution in [0.15, 0.2) is 17.8 Å². The van der Waals surface area contributed by atoms with Gasteiger partial charge < -0.3 is 9.64 Å². The lowest BCUT2D eigenvalue weighted by Gasteiger charge is -2.23. The van der Waals surface area contributed by atoms with E-state index in [0.717, 1.165) is 36.5 Å². The second-order valence-electron chi connectivity index (χ2n) is 5.59. The maximum atomic E-state index is 12.7. The van der Waals surface area contributed by atoms with Crippen molar-refractivity contribution in [2.75, 3.05) is 13.7 Å². The van der Waals surface area contributed by atoms with E-state index >= 15 is 0 Å². The second kappa shape index (κ2) is 6.58. The summed E-state index contributed by atoms with van der Waals surface area (Å²) in [4.78, 5) is 19.0. The zero-order valence-corrected chi connectivity index (χ0v) is 13.7. The van der Waals surface area contributed by atoms with Crippen molar-refractivity contribution in [2.45, 2.75) is 39.0 Å². The van der Waals surface area contributed by atoms with Gasteiger partial charge in [-0.15, -0.1) is 11.3 Å². The van der Waals surface area contributed by atoms with Crippen LogP contribution in [-0.4, -0.2) is 45.3 Å². The topological polar surface area (TPSA) is 60.2 Å². The largest absolute Gasteiger partial charge is 0.378 e. The van der Waals surface area contributed by atoms with Gasteiger partial charge in [-0.3, -0.25) is 9.48 Å². The van der Waals surface area contributed by atoms with E-state index in [1.54, 1.807) is 7.11 Å². The first-order valence-electron chi connectivity index (χ1n) is 7.40. The van der Waals surface area contributed by atoms with Crippen LogP contribution in [0.4, 0.5) is 0 Å². The number of hydrogen-bond acceptors (Lipinski definition) is 5. The minimum Gasteiger partial charge on any atom is -0.378 e. The smallest absolute Gasteiger partial charge is 0.273 e. The summed E-state index contributed by atoms with van der Waals surface area (Å²) >= 11 is 1.47. The Morgan fingerprint density at radius 2 is 2.41 bits per heavy atom. The van der Waals surface area contributed by atoms with Gasteiger partial charge in [0.1, 0.15) is 10.7 Å². The Balaban J connectivity index is 1.70. The van der Waals surface area contributed by atoms with E-state index in [-0.39, 0.29) is 11.9 Å². The first-order valence-corrected chi connectivity index (χ1v) is 8.28. The Labute approximate surface area is 133 Å². The van der Waals surface area contributed by atoms with E-state index in [1.165, 1.54) is 11.3 Å². The van der Waals surface area contributed by atoms with Crippen LogP contribution in [0.2, 0.25) is 0 Å². The van der Waals surface area contributed by atoms with Crippen molar-refractivity contribution < 1.29 is 9.53 Å². The molecule has 118 valence electrons. The van der Waals surface area contributed by atoms with Crippen LogP contribution < -0.4 is 0 Å². The third-order valence-corrected chi connectivity index (χ3v) is 4.66. The van der Waals surface area contributed by atoms with Crippen LogP contribution in [0.1, 0.15) is 33.9 Å². The zero-order valence-electron chi connectivity index (χ0n) is 12.9. The van der Waals surface area contributed by atoms with Gasteiger partial charge in [0, 0.05) is 25.2 Å². The van der Waals surface area contributed by atoms with E-state index in [4.69, 9.17) is 4.74 Å². The quantitative estimate of drug-likeness (QED) is 0.846. The average Bonchev–Trinajstić information content (AvgIpc) is 3.21. The molecule has 0 radical (unpaired) electrons. The lowest BCUT2D eigenvalue weighted by atomic mass is 10.2. The van der Waals surface area contributed by atoms with Crippen LogP contribution in [-0.2, 0) is 17.9 Å². The summed E-state index contributed by atoms with van der Waals surface area (Å²) in [5.74, 6) is 0.0185. The molecule has 3 rings (SSSR count). The highest BCUT2D eigenvalue weighted by Crippen LogP contribution is 2.22. The van der Waals surface area contributed by atoms with Crippen molar-refractivity contribution in [1.82, 2.24) is 19.7 Å². The Morgan fingerprint density at radius 1 is 1.55 bits per heavy atom. The molecule has 1 fully saturated rings. The first-order chi connectivity index (χ1) is 10.7. The highest BCUT2D eigenvalue weighted by Gasteiger charge is 2.31. The van der Waals surface area contributed by atoms with Crippen molar-refractivity contribution >= 4 is 17.2 Å². The van der Waals surface area contributed by atoms with E-state index in [0.29, 0.717) is 12.3 Å². The molecule has 0 bridgehead atoms. The highest BCUT2D eigenvalue weighted by atomic mass is 32.1. The molecule has 1 atom stereocenters. The molecular weight excluding hydrogens is 300 g/mol. The molecule has 0 unspecified atom stereocenters. The summed E-state index contributed by atoms with van der Waals surface area (Å²) in [6, 6.07) is 0.194. The fourth-order valence-corrected chi connectivity index (χ4v) is 3.56. The molecule has 0 N–H and O–H groups in total. The number of carbonyl (C=O) groups excluding carboxylic acids is 1. The number of nitrogens with zero attached hydrogens (tertiary/aromatic N) is 4. The maximum Gasteiger partial charge on any atom is 0.273 e. The summed E-state index contributed by atoms with van der Waals surface area (Å²) in [7, 11) is 1.63. The number of hydrogen-bond donors (Lipinski definition) is 0. The molecule has 6 nitrogen and oxygen atoms in total.